The summed E-state index contributed by atoms with van der Waals surface area (Å²) in [5, 5.41) is 5.66. The summed E-state index contributed by atoms with van der Waals surface area (Å²) in [6, 6.07) is 10.5. The molecular weight excluding hydrogens is 384 g/mol. The standard InChI is InChI=1S/C19H17ClN4O2S/c1-11-12(8-9-15(21-11)18(26)24(2)3)17(25)23-19-22-16(10-27-19)13-6-4-5-7-14(13)20/h4-10H,1-3H3,(H,22,23,25). The van der Waals surface area contributed by atoms with Gasteiger partial charge in [0.25, 0.3) is 11.8 Å². The van der Waals surface area contributed by atoms with E-state index in [0.29, 0.717) is 32.8 Å². The average Bonchev–Trinajstić information content (AvgIpc) is 3.09. The highest BCUT2D eigenvalue weighted by Gasteiger charge is 2.16. The van der Waals surface area contributed by atoms with Crippen molar-refractivity contribution in [3.8, 4) is 11.3 Å². The molecule has 138 valence electrons. The van der Waals surface area contributed by atoms with Gasteiger partial charge >= 0.3 is 0 Å². The maximum atomic E-state index is 12.6. The highest BCUT2D eigenvalue weighted by Crippen LogP contribution is 2.30. The molecule has 27 heavy (non-hydrogen) atoms. The summed E-state index contributed by atoms with van der Waals surface area (Å²) in [6.45, 7) is 1.69. The maximum Gasteiger partial charge on any atom is 0.271 e. The van der Waals surface area contributed by atoms with Gasteiger partial charge in [-0.05, 0) is 25.1 Å². The smallest absolute Gasteiger partial charge is 0.271 e. The van der Waals surface area contributed by atoms with Gasteiger partial charge in [-0.15, -0.1) is 11.3 Å². The largest absolute Gasteiger partial charge is 0.343 e. The Labute approximate surface area is 165 Å². The molecule has 2 aromatic heterocycles. The van der Waals surface area contributed by atoms with Crippen LogP contribution in [-0.2, 0) is 0 Å². The SMILES string of the molecule is Cc1nc(C(=O)N(C)C)ccc1C(=O)Nc1nc(-c2ccccc2Cl)cs1. The highest BCUT2D eigenvalue weighted by atomic mass is 35.5. The molecule has 2 heterocycles. The molecule has 0 aliphatic carbocycles. The number of aromatic nitrogens is 2. The predicted molar refractivity (Wildman–Crippen MR) is 108 cm³/mol. The van der Waals surface area contributed by atoms with Crippen molar-refractivity contribution in [2.45, 2.75) is 6.92 Å². The van der Waals surface area contributed by atoms with Crippen LogP contribution in [0.1, 0.15) is 26.5 Å². The van der Waals surface area contributed by atoms with Crippen LogP contribution in [0.3, 0.4) is 0 Å². The topological polar surface area (TPSA) is 75.2 Å². The molecule has 0 bridgehead atoms. The number of pyridine rings is 1. The first-order valence-electron chi connectivity index (χ1n) is 8.08. The van der Waals surface area contributed by atoms with Gasteiger partial charge in [-0.1, -0.05) is 29.8 Å². The molecule has 0 unspecified atom stereocenters. The van der Waals surface area contributed by atoms with Crippen molar-refractivity contribution < 1.29 is 9.59 Å². The zero-order chi connectivity index (χ0) is 19.6. The van der Waals surface area contributed by atoms with Crippen LogP contribution in [0, 0.1) is 6.92 Å². The van der Waals surface area contributed by atoms with E-state index in [0.717, 1.165) is 5.56 Å². The van der Waals surface area contributed by atoms with E-state index >= 15 is 0 Å². The second kappa shape index (κ2) is 7.85. The summed E-state index contributed by atoms with van der Waals surface area (Å²) < 4.78 is 0. The number of carbonyl (C=O) groups excluding carboxylic acids is 2. The van der Waals surface area contributed by atoms with Gasteiger partial charge < -0.3 is 4.90 Å². The lowest BCUT2D eigenvalue weighted by Crippen LogP contribution is -2.23. The molecule has 1 N–H and O–H groups in total. The lowest BCUT2D eigenvalue weighted by molar-refractivity contribution is 0.0821. The van der Waals surface area contributed by atoms with E-state index in [1.165, 1.54) is 16.2 Å². The Morgan fingerprint density at radius 2 is 1.85 bits per heavy atom. The average molecular weight is 401 g/mol. The van der Waals surface area contributed by atoms with Gasteiger partial charge in [0.15, 0.2) is 5.13 Å². The summed E-state index contributed by atoms with van der Waals surface area (Å²) in [7, 11) is 3.30. The lowest BCUT2D eigenvalue weighted by atomic mass is 10.1. The number of anilines is 1. The van der Waals surface area contributed by atoms with E-state index in [9.17, 15) is 9.59 Å². The molecule has 0 radical (unpaired) electrons. The highest BCUT2D eigenvalue weighted by molar-refractivity contribution is 7.14. The van der Waals surface area contributed by atoms with Crippen molar-refractivity contribution in [2.75, 3.05) is 19.4 Å². The van der Waals surface area contributed by atoms with Gasteiger partial charge in [0, 0.05) is 30.1 Å². The van der Waals surface area contributed by atoms with Crippen LogP contribution < -0.4 is 5.32 Å². The van der Waals surface area contributed by atoms with E-state index in [-0.39, 0.29) is 11.8 Å². The number of halogens is 1. The van der Waals surface area contributed by atoms with Crippen molar-refractivity contribution >= 4 is 39.9 Å². The predicted octanol–water partition coefficient (Wildman–Crippen LogP) is 4.12. The van der Waals surface area contributed by atoms with Crippen LogP contribution in [-0.4, -0.2) is 40.8 Å². The molecule has 6 nitrogen and oxygen atoms in total. The zero-order valence-electron chi connectivity index (χ0n) is 15.0. The summed E-state index contributed by atoms with van der Waals surface area (Å²) in [5.41, 5.74) is 2.66. The molecule has 2 amide bonds. The third-order valence-corrected chi connectivity index (χ3v) is 4.92. The molecule has 8 heteroatoms. The van der Waals surface area contributed by atoms with Gasteiger partial charge in [-0.25, -0.2) is 9.97 Å². The van der Waals surface area contributed by atoms with E-state index < -0.39 is 0 Å². The number of carbonyl (C=O) groups is 2. The third-order valence-electron chi connectivity index (χ3n) is 3.83. The lowest BCUT2D eigenvalue weighted by Gasteiger charge is -2.11. The number of hydrogen-bond acceptors (Lipinski definition) is 5. The fourth-order valence-corrected chi connectivity index (χ4v) is 3.38. The first-order chi connectivity index (χ1) is 12.9. The Bertz CT molecular complexity index is 1020. The number of nitrogens with one attached hydrogen (secondary N) is 1. The van der Waals surface area contributed by atoms with Crippen LogP contribution in [0.15, 0.2) is 41.8 Å². The number of aryl methyl sites for hydroxylation is 1. The molecule has 0 fully saturated rings. The van der Waals surface area contributed by atoms with Crippen molar-refractivity contribution in [3.63, 3.8) is 0 Å². The Morgan fingerprint density at radius 3 is 2.52 bits per heavy atom. The first-order valence-corrected chi connectivity index (χ1v) is 9.33. The molecule has 3 rings (SSSR count). The fraction of sp³-hybridized carbons (Fsp3) is 0.158. The van der Waals surface area contributed by atoms with E-state index in [4.69, 9.17) is 11.6 Å². The minimum absolute atomic E-state index is 0.214. The number of rotatable bonds is 4. The number of benzene rings is 1. The van der Waals surface area contributed by atoms with Crippen molar-refractivity contribution in [2.24, 2.45) is 0 Å². The molecule has 3 aromatic rings. The molecule has 1 aromatic carbocycles. The minimum atomic E-state index is -0.330. The van der Waals surface area contributed by atoms with Gasteiger partial charge in [-0.3, -0.25) is 14.9 Å². The second-order valence-corrected chi connectivity index (χ2v) is 7.27. The molecule has 0 aliphatic rings. The van der Waals surface area contributed by atoms with Crippen molar-refractivity contribution in [1.82, 2.24) is 14.9 Å². The summed E-state index contributed by atoms with van der Waals surface area (Å²) in [6.07, 6.45) is 0. The van der Waals surface area contributed by atoms with E-state index in [1.54, 1.807) is 39.2 Å². The first kappa shape index (κ1) is 19.0. The molecule has 0 saturated carbocycles. The van der Waals surface area contributed by atoms with Crippen LogP contribution in [0.2, 0.25) is 5.02 Å². The van der Waals surface area contributed by atoms with E-state index in [2.05, 4.69) is 15.3 Å². The Balaban J connectivity index is 1.78. The molecular formula is C19H17ClN4O2S. The normalized spacial score (nSPS) is 10.5. The van der Waals surface area contributed by atoms with Crippen LogP contribution in [0.25, 0.3) is 11.3 Å². The number of hydrogen-bond donors (Lipinski definition) is 1. The zero-order valence-corrected chi connectivity index (χ0v) is 16.6. The van der Waals surface area contributed by atoms with Crippen LogP contribution in [0.4, 0.5) is 5.13 Å². The number of nitrogens with zero attached hydrogens (tertiary/aromatic N) is 3. The molecule has 0 spiro atoms. The summed E-state index contributed by atoms with van der Waals surface area (Å²) >= 11 is 7.50. The molecule has 0 atom stereocenters. The van der Waals surface area contributed by atoms with Crippen LogP contribution >= 0.6 is 22.9 Å². The Morgan fingerprint density at radius 1 is 1.11 bits per heavy atom. The molecule has 0 aliphatic heterocycles. The van der Waals surface area contributed by atoms with Gasteiger partial charge in [0.1, 0.15) is 5.69 Å². The fourth-order valence-electron chi connectivity index (χ4n) is 2.44. The van der Waals surface area contributed by atoms with E-state index in [1.807, 2.05) is 23.6 Å². The van der Waals surface area contributed by atoms with Gasteiger partial charge in [-0.2, -0.15) is 0 Å². The van der Waals surface area contributed by atoms with Crippen LogP contribution in [0.5, 0.6) is 0 Å². The third kappa shape index (κ3) is 4.15. The number of amides is 2. The van der Waals surface area contributed by atoms with Crippen molar-refractivity contribution in [1.29, 1.82) is 0 Å². The Hall–Kier alpha value is -2.77. The molecule has 0 saturated heterocycles. The number of thiazole rings is 1. The maximum absolute atomic E-state index is 12.6. The summed E-state index contributed by atoms with van der Waals surface area (Å²) in [5.74, 6) is -0.543. The quantitative estimate of drug-likeness (QED) is 0.714. The van der Waals surface area contributed by atoms with Gasteiger partial charge in [0.2, 0.25) is 0 Å². The van der Waals surface area contributed by atoms with Crippen molar-refractivity contribution in [3.05, 3.63) is 63.8 Å². The minimum Gasteiger partial charge on any atom is -0.343 e. The second-order valence-electron chi connectivity index (χ2n) is 6.00. The van der Waals surface area contributed by atoms with Gasteiger partial charge in [0.05, 0.1) is 17.0 Å². The Kier molecular flexibility index (Phi) is 5.53. The monoisotopic (exact) mass is 400 g/mol. The summed E-state index contributed by atoms with van der Waals surface area (Å²) in [4.78, 5) is 34.6.